The Kier molecular flexibility index (Phi) is 5.39. The maximum absolute atomic E-state index is 12.3. The van der Waals surface area contributed by atoms with Crippen molar-refractivity contribution in [1.82, 2.24) is 4.72 Å². The minimum absolute atomic E-state index is 0.307. The van der Waals surface area contributed by atoms with Crippen molar-refractivity contribution in [3.63, 3.8) is 0 Å². The smallest absolute Gasteiger partial charge is 0.264 e. The van der Waals surface area contributed by atoms with Gasteiger partial charge in [0.25, 0.3) is 5.91 Å². The highest BCUT2D eigenvalue weighted by molar-refractivity contribution is 9.10. The van der Waals surface area contributed by atoms with E-state index in [9.17, 15) is 13.2 Å². The molecule has 26 heavy (non-hydrogen) atoms. The van der Waals surface area contributed by atoms with E-state index in [0.29, 0.717) is 24.9 Å². The summed E-state index contributed by atoms with van der Waals surface area (Å²) in [6.45, 7) is 4.74. The number of hydrogen-bond donors (Lipinski definition) is 2. The summed E-state index contributed by atoms with van der Waals surface area (Å²) in [5, 5.41) is 2.90. The molecule has 0 atom stereocenters. The van der Waals surface area contributed by atoms with Gasteiger partial charge in [-0.15, -0.1) is 0 Å². The summed E-state index contributed by atoms with van der Waals surface area (Å²) in [4.78, 5) is 12.3. The molecule has 5 nitrogen and oxygen atoms in total. The molecule has 0 heterocycles. The molecule has 138 valence electrons. The van der Waals surface area contributed by atoms with Crippen molar-refractivity contribution in [1.29, 1.82) is 0 Å². The number of aryl methyl sites for hydroxylation is 2. The average molecular weight is 437 g/mol. The summed E-state index contributed by atoms with van der Waals surface area (Å²) in [5.74, 6) is -0.598. The van der Waals surface area contributed by atoms with Crippen LogP contribution in [0.25, 0.3) is 0 Å². The van der Waals surface area contributed by atoms with Crippen molar-refractivity contribution in [2.75, 3.05) is 5.32 Å². The zero-order valence-corrected chi connectivity index (χ0v) is 17.1. The minimum Gasteiger partial charge on any atom is -0.380 e. The first-order valence-corrected chi connectivity index (χ1v) is 10.8. The number of amides is 1. The number of carbonyl (C=O) groups is 1. The van der Waals surface area contributed by atoms with Gasteiger partial charge in [0.15, 0.2) is 0 Å². The third-order valence-electron chi connectivity index (χ3n) is 4.53. The molecule has 0 radical (unpaired) electrons. The van der Waals surface area contributed by atoms with Crippen LogP contribution in [0.4, 0.5) is 5.69 Å². The van der Waals surface area contributed by atoms with Crippen LogP contribution in [0, 0.1) is 13.8 Å². The second kappa shape index (κ2) is 7.40. The predicted octanol–water partition coefficient (Wildman–Crippen LogP) is 3.90. The lowest BCUT2D eigenvalue weighted by Gasteiger charge is -2.14. The molecule has 1 saturated carbocycles. The van der Waals surface area contributed by atoms with E-state index < -0.39 is 21.2 Å². The molecular formula is C19H21BrN2O3S. The van der Waals surface area contributed by atoms with E-state index >= 15 is 0 Å². The fraction of sp³-hybridized carbons (Fsp3) is 0.316. The van der Waals surface area contributed by atoms with Crippen molar-refractivity contribution in [2.24, 2.45) is 0 Å². The van der Waals surface area contributed by atoms with E-state index in [1.807, 2.05) is 6.07 Å². The Balaban J connectivity index is 1.76. The zero-order chi connectivity index (χ0) is 18.9. The summed E-state index contributed by atoms with van der Waals surface area (Å²) in [5.41, 5.74) is 4.63. The Morgan fingerprint density at radius 1 is 1.15 bits per heavy atom. The van der Waals surface area contributed by atoms with Gasteiger partial charge in [-0.05, 0) is 77.5 Å². The quantitative estimate of drug-likeness (QED) is 0.719. The fourth-order valence-corrected chi connectivity index (χ4v) is 4.45. The maximum atomic E-state index is 12.3. The molecular weight excluding hydrogens is 416 g/mol. The second-order valence-electron chi connectivity index (χ2n) is 6.59. The first-order chi connectivity index (χ1) is 12.3. The topological polar surface area (TPSA) is 75.3 Å². The lowest BCUT2D eigenvalue weighted by atomic mass is 10.0. The van der Waals surface area contributed by atoms with Gasteiger partial charge in [-0.1, -0.05) is 18.2 Å². The van der Waals surface area contributed by atoms with Gasteiger partial charge in [-0.3, -0.25) is 4.79 Å². The van der Waals surface area contributed by atoms with Crippen LogP contribution in [-0.2, 0) is 16.6 Å². The predicted molar refractivity (Wildman–Crippen MR) is 107 cm³/mol. The molecule has 1 amide bonds. The summed E-state index contributed by atoms with van der Waals surface area (Å²) in [6.07, 6.45) is 1.23. The van der Waals surface area contributed by atoms with Crippen LogP contribution in [0.15, 0.2) is 40.9 Å². The van der Waals surface area contributed by atoms with Crippen molar-refractivity contribution in [3.8, 4) is 0 Å². The highest BCUT2D eigenvalue weighted by Crippen LogP contribution is 2.28. The van der Waals surface area contributed by atoms with Crippen LogP contribution in [0.2, 0.25) is 0 Å². The standard InChI is InChI=1S/C19H21BrN2O3S/c1-12-4-3-5-13(2)16(12)11-21-18-10-14(6-9-17(18)20)19(23)22-26(24,25)15-7-8-15/h3-6,9-10,15,21H,7-8,11H2,1-2H3,(H,22,23). The monoisotopic (exact) mass is 436 g/mol. The lowest BCUT2D eigenvalue weighted by Crippen LogP contribution is -2.33. The number of nitrogens with one attached hydrogen (secondary N) is 2. The van der Waals surface area contributed by atoms with Gasteiger partial charge >= 0.3 is 0 Å². The van der Waals surface area contributed by atoms with Crippen molar-refractivity contribution < 1.29 is 13.2 Å². The van der Waals surface area contributed by atoms with Crippen LogP contribution < -0.4 is 10.0 Å². The number of anilines is 1. The molecule has 1 aliphatic rings. The van der Waals surface area contributed by atoms with Crippen LogP contribution in [0.3, 0.4) is 0 Å². The molecule has 2 aromatic carbocycles. The fourth-order valence-electron chi connectivity index (χ4n) is 2.76. The van der Waals surface area contributed by atoms with Crippen LogP contribution >= 0.6 is 15.9 Å². The first kappa shape index (κ1) is 18.9. The van der Waals surface area contributed by atoms with Gasteiger partial charge in [-0.2, -0.15) is 0 Å². The van der Waals surface area contributed by atoms with Crippen LogP contribution in [-0.4, -0.2) is 19.6 Å². The number of carbonyl (C=O) groups excluding carboxylic acids is 1. The molecule has 2 aromatic rings. The number of sulfonamides is 1. The van der Waals surface area contributed by atoms with Crippen molar-refractivity contribution >= 4 is 37.5 Å². The Hall–Kier alpha value is -1.86. The minimum atomic E-state index is -3.56. The Bertz CT molecular complexity index is 933. The summed E-state index contributed by atoms with van der Waals surface area (Å²) in [6, 6.07) is 11.2. The van der Waals surface area contributed by atoms with Gasteiger partial charge in [0.2, 0.25) is 10.0 Å². The van der Waals surface area contributed by atoms with Crippen LogP contribution in [0.5, 0.6) is 0 Å². The summed E-state index contributed by atoms with van der Waals surface area (Å²) < 4.78 is 26.9. The average Bonchev–Trinajstić information content (AvgIpc) is 3.41. The molecule has 1 fully saturated rings. The van der Waals surface area contributed by atoms with Gasteiger partial charge in [-0.25, -0.2) is 13.1 Å². The molecule has 0 spiro atoms. The van der Waals surface area contributed by atoms with E-state index in [0.717, 1.165) is 10.2 Å². The maximum Gasteiger partial charge on any atom is 0.264 e. The van der Waals surface area contributed by atoms with Crippen molar-refractivity contribution in [2.45, 2.75) is 38.5 Å². The first-order valence-electron chi connectivity index (χ1n) is 8.42. The molecule has 0 unspecified atom stereocenters. The zero-order valence-electron chi connectivity index (χ0n) is 14.7. The molecule has 0 aromatic heterocycles. The molecule has 0 bridgehead atoms. The number of rotatable bonds is 6. The highest BCUT2D eigenvalue weighted by Gasteiger charge is 2.37. The number of benzene rings is 2. The Labute approximate surface area is 162 Å². The molecule has 7 heteroatoms. The van der Waals surface area contributed by atoms with E-state index in [4.69, 9.17) is 0 Å². The second-order valence-corrected chi connectivity index (χ2v) is 9.41. The molecule has 0 aliphatic heterocycles. The van der Waals surface area contributed by atoms with Crippen LogP contribution in [0.1, 0.15) is 39.9 Å². The summed E-state index contributed by atoms with van der Waals surface area (Å²) >= 11 is 3.47. The van der Waals surface area contributed by atoms with E-state index in [2.05, 4.69) is 51.9 Å². The molecule has 0 saturated heterocycles. The van der Waals surface area contributed by atoms with Gasteiger partial charge < -0.3 is 5.32 Å². The highest BCUT2D eigenvalue weighted by atomic mass is 79.9. The lowest BCUT2D eigenvalue weighted by molar-refractivity contribution is 0.0981. The SMILES string of the molecule is Cc1cccc(C)c1CNc1cc(C(=O)NS(=O)(=O)C2CC2)ccc1Br. The number of hydrogen-bond acceptors (Lipinski definition) is 4. The van der Waals surface area contributed by atoms with Gasteiger partial charge in [0.1, 0.15) is 0 Å². The number of halogens is 1. The van der Waals surface area contributed by atoms with E-state index in [-0.39, 0.29) is 0 Å². The molecule has 3 rings (SSSR count). The third-order valence-corrected chi connectivity index (χ3v) is 7.04. The third kappa shape index (κ3) is 4.27. The summed E-state index contributed by atoms with van der Waals surface area (Å²) in [7, 11) is -3.56. The molecule has 2 N–H and O–H groups in total. The van der Waals surface area contributed by atoms with Crippen molar-refractivity contribution in [3.05, 3.63) is 63.1 Å². The van der Waals surface area contributed by atoms with E-state index in [1.54, 1.807) is 18.2 Å². The Morgan fingerprint density at radius 3 is 2.42 bits per heavy atom. The van der Waals surface area contributed by atoms with Gasteiger partial charge in [0, 0.05) is 22.3 Å². The normalized spacial score (nSPS) is 14.1. The Morgan fingerprint density at radius 2 is 1.81 bits per heavy atom. The molecule has 1 aliphatic carbocycles. The van der Waals surface area contributed by atoms with Gasteiger partial charge in [0.05, 0.1) is 5.25 Å². The largest absolute Gasteiger partial charge is 0.380 e. The van der Waals surface area contributed by atoms with E-state index in [1.165, 1.54) is 16.7 Å².